The first kappa shape index (κ1) is 10.4. The van der Waals surface area contributed by atoms with Crippen LogP contribution in [0.2, 0.25) is 0 Å². The van der Waals surface area contributed by atoms with E-state index in [0.717, 1.165) is 0 Å². The molecule has 0 aromatic heterocycles. The molecule has 0 heterocycles. The molecule has 0 spiro atoms. The van der Waals surface area contributed by atoms with Crippen molar-refractivity contribution in [3.63, 3.8) is 0 Å². The maximum Gasteiger partial charge on any atom is 0.181 e. The molecule has 70 valence electrons. The fourth-order valence-corrected chi connectivity index (χ4v) is 1.33. The minimum atomic E-state index is -0.548. The van der Waals surface area contributed by atoms with Crippen molar-refractivity contribution in [2.24, 2.45) is 0 Å². The number of halogens is 1. The molecule has 0 saturated carbocycles. The highest BCUT2D eigenvalue weighted by atomic mass is 35.5. The summed E-state index contributed by atoms with van der Waals surface area (Å²) >= 11 is 9.81. The minimum Gasteiger partial charge on any atom is -0.399 e. The number of carbonyl (C=O) groups is 1. The summed E-state index contributed by atoms with van der Waals surface area (Å²) in [4.78, 5) is 12.1. The molecule has 1 atom stereocenters. The number of nitrogen functional groups attached to an aromatic ring is 1. The summed E-state index contributed by atoms with van der Waals surface area (Å²) < 4.78 is 0. The Kier molecular flexibility index (Phi) is 3.22. The third-order valence-electron chi connectivity index (χ3n) is 1.65. The van der Waals surface area contributed by atoms with Crippen molar-refractivity contribution in [1.29, 1.82) is 0 Å². The maximum absolute atomic E-state index is 11.5. The molecule has 2 N–H and O–H groups in total. The first-order valence-electron chi connectivity index (χ1n) is 3.79. The number of alkyl halides is 1. The number of hydrogen-bond acceptors (Lipinski definition) is 3. The first-order chi connectivity index (χ1) is 6.02. The molecular formula is C9H10ClNOS. The summed E-state index contributed by atoms with van der Waals surface area (Å²) in [5, 5.41) is -0.548. The molecule has 0 aliphatic heterocycles. The van der Waals surface area contributed by atoms with Crippen molar-refractivity contribution in [2.45, 2.75) is 17.2 Å². The molecule has 2 nitrogen and oxygen atoms in total. The predicted octanol–water partition coefficient (Wildman–Crippen LogP) is 2.37. The second-order valence-electron chi connectivity index (χ2n) is 2.76. The van der Waals surface area contributed by atoms with Gasteiger partial charge in [0.2, 0.25) is 0 Å². The van der Waals surface area contributed by atoms with Crippen LogP contribution in [0.5, 0.6) is 0 Å². The molecule has 1 rings (SSSR count). The largest absolute Gasteiger partial charge is 0.399 e. The Morgan fingerprint density at radius 1 is 1.62 bits per heavy atom. The molecule has 13 heavy (non-hydrogen) atoms. The fraction of sp³-hybridized carbons (Fsp3) is 0.222. The quantitative estimate of drug-likeness (QED) is 0.344. The van der Waals surface area contributed by atoms with Crippen LogP contribution in [0.1, 0.15) is 17.3 Å². The van der Waals surface area contributed by atoms with E-state index in [0.29, 0.717) is 16.1 Å². The fourth-order valence-electron chi connectivity index (χ4n) is 0.965. The highest BCUT2D eigenvalue weighted by Gasteiger charge is 2.14. The smallest absolute Gasteiger partial charge is 0.181 e. The van der Waals surface area contributed by atoms with Crippen LogP contribution in [0.15, 0.2) is 23.1 Å². The highest BCUT2D eigenvalue weighted by Crippen LogP contribution is 2.20. The second kappa shape index (κ2) is 4.03. The molecule has 1 aromatic rings. The van der Waals surface area contributed by atoms with Crippen LogP contribution in [-0.4, -0.2) is 11.2 Å². The van der Waals surface area contributed by atoms with Crippen molar-refractivity contribution >= 4 is 35.7 Å². The number of rotatable bonds is 2. The van der Waals surface area contributed by atoms with Gasteiger partial charge >= 0.3 is 0 Å². The lowest BCUT2D eigenvalue weighted by atomic mass is 10.1. The number of nitrogens with two attached hydrogens (primary N) is 1. The molecular weight excluding hydrogens is 206 g/mol. The lowest BCUT2D eigenvalue weighted by Gasteiger charge is -2.06. The summed E-state index contributed by atoms with van der Waals surface area (Å²) in [5.74, 6) is -0.154. The summed E-state index contributed by atoms with van der Waals surface area (Å²) in [7, 11) is 0. The zero-order valence-corrected chi connectivity index (χ0v) is 8.77. The number of carbonyl (C=O) groups excluding carboxylic acids is 1. The number of Topliss-reactive ketones (excluding diaryl/α,β-unsaturated/α-hetero) is 1. The van der Waals surface area contributed by atoms with E-state index in [2.05, 4.69) is 12.6 Å². The summed E-state index contributed by atoms with van der Waals surface area (Å²) in [6.07, 6.45) is 0. The molecule has 1 unspecified atom stereocenters. The van der Waals surface area contributed by atoms with Crippen molar-refractivity contribution in [3.8, 4) is 0 Å². The van der Waals surface area contributed by atoms with E-state index >= 15 is 0 Å². The predicted molar refractivity (Wildman–Crippen MR) is 57.8 cm³/mol. The van der Waals surface area contributed by atoms with Gasteiger partial charge in [0.25, 0.3) is 0 Å². The molecule has 0 fully saturated rings. The van der Waals surface area contributed by atoms with Gasteiger partial charge in [-0.3, -0.25) is 4.79 Å². The Bertz CT molecular complexity index is 338. The molecule has 0 bridgehead atoms. The van der Waals surface area contributed by atoms with E-state index in [1.54, 1.807) is 25.1 Å². The summed E-state index contributed by atoms with van der Waals surface area (Å²) in [6, 6.07) is 4.96. The third-order valence-corrected chi connectivity index (χ3v) is 2.24. The monoisotopic (exact) mass is 215 g/mol. The number of hydrogen-bond donors (Lipinski definition) is 2. The van der Waals surface area contributed by atoms with Crippen LogP contribution in [-0.2, 0) is 0 Å². The van der Waals surface area contributed by atoms with Crippen LogP contribution in [0.25, 0.3) is 0 Å². The Labute approximate surface area is 87.5 Å². The van der Waals surface area contributed by atoms with Gasteiger partial charge in [0.1, 0.15) is 0 Å². The van der Waals surface area contributed by atoms with Crippen molar-refractivity contribution in [3.05, 3.63) is 23.8 Å². The normalized spacial score (nSPS) is 12.5. The van der Waals surface area contributed by atoms with E-state index in [9.17, 15) is 4.79 Å². The van der Waals surface area contributed by atoms with Gasteiger partial charge in [-0.1, -0.05) is 0 Å². The lowest BCUT2D eigenvalue weighted by Crippen LogP contribution is -2.11. The molecule has 0 aliphatic carbocycles. The van der Waals surface area contributed by atoms with E-state index in [4.69, 9.17) is 17.3 Å². The standard InChI is InChI=1S/C9H10ClNOS/c1-5(10)9(12)7-4-6(11)2-3-8(7)13/h2-5,13H,11H2,1H3. The van der Waals surface area contributed by atoms with Gasteiger partial charge in [-0.05, 0) is 25.1 Å². The minimum absolute atomic E-state index is 0.154. The third kappa shape index (κ3) is 2.39. The Balaban J connectivity index is 3.13. The van der Waals surface area contributed by atoms with E-state index < -0.39 is 5.38 Å². The zero-order chi connectivity index (χ0) is 10.0. The number of anilines is 1. The molecule has 0 radical (unpaired) electrons. The van der Waals surface area contributed by atoms with E-state index in [1.807, 2.05) is 0 Å². The van der Waals surface area contributed by atoms with Gasteiger partial charge < -0.3 is 5.73 Å². The molecule has 1 aromatic carbocycles. The van der Waals surface area contributed by atoms with Crippen LogP contribution in [0.3, 0.4) is 0 Å². The summed E-state index contributed by atoms with van der Waals surface area (Å²) in [6.45, 7) is 1.63. The average molecular weight is 216 g/mol. The number of ketones is 1. The number of benzene rings is 1. The first-order valence-corrected chi connectivity index (χ1v) is 4.67. The van der Waals surface area contributed by atoms with Gasteiger partial charge in [0.05, 0.1) is 5.38 Å². The molecule has 0 amide bonds. The maximum atomic E-state index is 11.5. The van der Waals surface area contributed by atoms with Gasteiger partial charge in [0.15, 0.2) is 5.78 Å². The second-order valence-corrected chi connectivity index (χ2v) is 3.89. The molecule has 0 saturated heterocycles. The van der Waals surface area contributed by atoms with Crippen LogP contribution in [0, 0.1) is 0 Å². The van der Waals surface area contributed by atoms with Gasteiger partial charge in [-0.15, -0.1) is 24.2 Å². The Morgan fingerprint density at radius 2 is 2.23 bits per heavy atom. The Morgan fingerprint density at radius 3 is 2.77 bits per heavy atom. The SMILES string of the molecule is CC(Cl)C(=O)c1cc(N)ccc1S. The van der Waals surface area contributed by atoms with Crippen molar-refractivity contribution < 1.29 is 4.79 Å². The summed E-state index contributed by atoms with van der Waals surface area (Å²) in [5.41, 5.74) is 6.55. The van der Waals surface area contributed by atoms with E-state index in [1.165, 1.54) is 0 Å². The van der Waals surface area contributed by atoms with Crippen LogP contribution < -0.4 is 5.73 Å². The zero-order valence-electron chi connectivity index (χ0n) is 7.12. The highest BCUT2D eigenvalue weighted by molar-refractivity contribution is 7.80. The average Bonchev–Trinajstić information content (AvgIpc) is 2.08. The van der Waals surface area contributed by atoms with Crippen LogP contribution in [0.4, 0.5) is 5.69 Å². The van der Waals surface area contributed by atoms with Crippen LogP contribution >= 0.6 is 24.2 Å². The molecule has 4 heteroatoms. The number of thiol groups is 1. The topological polar surface area (TPSA) is 43.1 Å². The van der Waals surface area contributed by atoms with Gasteiger partial charge in [-0.25, -0.2) is 0 Å². The van der Waals surface area contributed by atoms with Gasteiger partial charge in [0, 0.05) is 16.1 Å². The Hall–Kier alpha value is -0.670. The van der Waals surface area contributed by atoms with Crippen molar-refractivity contribution in [2.75, 3.05) is 5.73 Å². The van der Waals surface area contributed by atoms with Crippen molar-refractivity contribution in [1.82, 2.24) is 0 Å². The van der Waals surface area contributed by atoms with Gasteiger partial charge in [-0.2, -0.15) is 0 Å². The lowest BCUT2D eigenvalue weighted by molar-refractivity contribution is 0.0989. The van der Waals surface area contributed by atoms with E-state index in [-0.39, 0.29) is 5.78 Å². The molecule has 0 aliphatic rings.